The normalized spacial score (nSPS) is 19.5. The van der Waals surface area contributed by atoms with E-state index in [1.807, 2.05) is 30.3 Å². The van der Waals surface area contributed by atoms with Gasteiger partial charge in [0.05, 0.1) is 10.8 Å². The van der Waals surface area contributed by atoms with Gasteiger partial charge in [-0.05, 0) is 55.0 Å². The summed E-state index contributed by atoms with van der Waals surface area (Å²) >= 11 is 0. The van der Waals surface area contributed by atoms with Gasteiger partial charge in [0.2, 0.25) is 21.8 Å². The molecule has 1 unspecified atom stereocenters. The summed E-state index contributed by atoms with van der Waals surface area (Å²) in [5.74, 6) is -0.429. The summed E-state index contributed by atoms with van der Waals surface area (Å²) in [4.78, 5) is 26.7. The number of carbonyl (C=O) groups is 2. The molecule has 32 heavy (non-hydrogen) atoms. The van der Waals surface area contributed by atoms with Gasteiger partial charge < -0.3 is 10.2 Å². The minimum absolute atomic E-state index is 0.0293. The van der Waals surface area contributed by atoms with Crippen LogP contribution in [-0.2, 0) is 32.6 Å². The molecule has 0 aromatic heterocycles. The Balaban J connectivity index is 1.48. The van der Waals surface area contributed by atoms with Gasteiger partial charge in [-0.25, -0.2) is 8.42 Å². The molecule has 4 rings (SSSR count). The van der Waals surface area contributed by atoms with Gasteiger partial charge in [-0.15, -0.1) is 0 Å². The number of sulfonamides is 1. The summed E-state index contributed by atoms with van der Waals surface area (Å²) in [7, 11) is -1.95. The van der Waals surface area contributed by atoms with E-state index in [9.17, 15) is 18.0 Å². The zero-order valence-corrected chi connectivity index (χ0v) is 19.1. The van der Waals surface area contributed by atoms with E-state index in [2.05, 4.69) is 5.32 Å². The quantitative estimate of drug-likeness (QED) is 0.751. The molecule has 0 radical (unpaired) electrons. The minimum atomic E-state index is -3.72. The maximum atomic E-state index is 13.4. The first kappa shape index (κ1) is 22.5. The lowest BCUT2D eigenvalue weighted by Crippen LogP contribution is -2.45. The Labute approximate surface area is 189 Å². The highest BCUT2D eigenvalue weighted by atomic mass is 32.2. The number of carbonyl (C=O) groups excluding carboxylic acids is 2. The Morgan fingerprint density at radius 2 is 1.91 bits per heavy atom. The lowest BCUT2D eigenvalue weighted by molar-refractivity contribution is -0.135. The molecular weight excluding hydrogens is 426 g/mol. The van der Waals surface area contributed by atoms with Crippen molar-refractivity contribution in [2.45, 2.75) is 43.5 Å². The maximum Gasteiger partial charge on any atom is 0.243 e. The van der Waals surface area contributed by atoms with Gasteiger partial charge in [0.1, 0.15) is 0 Å². The number of benzene rings is 2. The first-order valence-corrected chi connectivity index (χ1v) is 12.5. The van der Waals surface area contributed by atoms with Crippen LogP contribution in [0, 0.1) is 5.92 Å². The van der Waals surface area contributed by atoms with Crippen LogP contribution in [0.1, 0.15) is 36.8 Å². The van der Waals surface area contributed by atoms with Gasteiger partial charge in [-0.2, -0.15) is 4.31 Å². The maximum absolute atomic E-state index is 13.4. The van der Waals surface area contributed by atoms with E-state index in [0.717, 1.165) is 11.1 Å². The van der Waals surface area contributed by atoms with Crippen LogP contribution in [0.2, 0.25) is 0 Å². The molecule has 0 bridgehead atoms. The molecule has 7 nitrogen and oxygen atoms in total. The van der Waals surface area contributed by atoms with Crippen LogP contribution < -0.4 is 5.32 Å². The Hall–Kier alpha value is -2.71. The number of hydrogen-bond acceptors (Lipinski definition) is 4. The molecule has 1 fully saturated rings. The van der Waals surface area contributed by atoms with E-state index < -0.39 is 10.0 Å². The van der Waals surface area contributed by atoms with Crippen molar-refractivity contribution < 1.29 is 18.0 Å². The second kappa shape index (κ2) is 9.42. The standard InChI is InChI=1S/C24H29N3O4S/c1-26(16-18-7-3-2-4-8-18)24(29)20-10-6-14-27(17-20)32(30,31)21-12-13-22-19(15-21)9-5-11-23(28)25-22/h2-4,7-8,12-13,15,20H,5-6,9-11,14,16-17H2,1H3,(H,25,28). The van der Waals surface area contributed by atoms with E-state index in [4.69, 9.17) is 0 Å². The number of nitrogens with zero attached hydrogens (tertiary/aromatic N) is 2. The van der Waals surface area contributed by atoms with Crippen molar-refractivity contribution in [3.8, 4) is 0 Å². The molecule has 1 saturated heterocycles. The predicted octanol–water partition coefficient (Wildman–Crippen LogP) is 3.02. The Bertz CT molecular complexity index is 1100. The van der Waals surface area contributed by atoms with Crippen molar-refractivity contribution >= 4 is 27.5 Å². The summed E-state index contributed by atoms with van der Waals surface area (Å²) in [5.41, 5.74) is 2.56. The van der Waals surface area contributed by atoms with Crippen LogP contribution in [0.5, 0.6) is 0 Å². The van der Waals surface area contributed by atoms with Crippen LogP contribution >= 0.6 is 0 Å². The fraction of sp³-hybridized carbons (Fsp3) is 0.417. The molecule has 2 aliphatic rings. The minimum Gasteiger partial charge on any atom is -0.341 e. The SMILES string of the molecule is CN(Cc1ccccc1)C(=O)C1CCCN(S(=O)(=O)c2ccc3c(c2)CCCC(=O)N3)C1. The first-order valence-electron chi connectivity index (χ1n) is 11.1. The van der Waals surface area contributed by atoms with Gasteiger partial charge in [0.15, 0.2) is 0 Å². The van der Waals surface area contributed by atoms with Crippen molar-refractivity contribution in [2.75, 3.05) is 25.5 Å². The van der Waals surface area contributed by atoms with E-state index in [1.54, 1.807) is 30.1 Å². The molecule has 1 N–H and O–H groups in total. The monoisotopic (exact) mass is 455 g/mol. The molecule has 8 heteroatoms. The van der Waals surface area contributed by atoms with Gasteiger partial charge in [-0.1, -0.05) is 30.3 Å². The van der Waals surface area contributed by atoms with Crippen LogP contribution in [0.25, 0.3) is 0 Å². The Morgan fingerprint density at radius 3 is 2.69 bits per heavy atom. The topological polar surface area (TPSA) is 86.8 Å². The lowest BCUT2D eigenvalue weighted by atomic mass is 9.98. The number of amides is 2. The molecule has 1 atom stereocenters. The number of anilines is 1. The van der Waals surface area contributed by atoms with Crippen molar-refractivity contribution in [3.05, 3.63) is 59.7 Å². The zero-order valence-electron chi connectivity index (χ0n) is 18.3. The molecule has 2 aromatic rings. The molecule has 0 aliphatic carbocycles. The van der Waals surface area contributed by atoms with Crippen molar-refractivity contribution in [1.82, 2.24) is 9.21 Å². The summed E-state index contributed by atoms with van der Waals surface area (Å²) in [6.07, 6.45) is 3.11. The number of nitrogens with one attached hydrogen (secondary N) is 1. The number of hydrogen-bond donors (Lipinski definition) is 1. The third kappa shape index (κ3) is 4.86. The van der Waals surface area contributed by atoms with E-state index in [1.165, 1.54) is 4.31 Å². The Morgan fingerprint density at radius 1 is 1.12 bits per heavy atom. The molecule has 2 amide bonds. The summed E-state index contributed by atoms with van der Waals surface area (Å²) in [6, 6.07) is 14.7. The fourth-order valence-corrected chi connectivity index (χ4v) is 6.04. The fourth-order valence-electron chi connectivity index (χ4n) is 4.47. The van der Waals surface area contributed by atoms with E-state index in [0.29, 0.717) is 50.9 Å². The largest absolute Gasteiger partial charge is 0.341 e. The smallest absolute Gasteiger partial charge is 0.243 e. The lowest BCUT2D eigenvalue weighted by Gasteiger charge is -2.33. The molecule has 2 aliphatic heterocycles. The predicted molar refractivity (Wildman–Crippen MR) is 122 cm³/mol. The number of piperidine rings is 1. The Kier molecular flexibility index (Phi) is 6.62. The van der Waals surface area contributed by atoms with Crippen molar-refractivity contribution in [1.29, 1.82) is 0 Å². The van der Waals surface area contributed by atoms with Crippen molar-refractivity contribution in [3.63, 3.8) is 0 Å². The average molecular weight is 456 g/mol. The second-order valence-corrected chi connectivity index (χ2v) is 10.5. The summed E-state index contributed by atoms with van der Waals surface area (Å²) < 4.78 is 28.2. The van der Waals surface area contributed by atoms with Crippen molar-refractivity contribution in [2.24, 2.45) is 5.92 Å². The molecule has 0 spiro atoms. The molecule has 170 valence electrons. The summed E-state index contributed by atoms with van der Waals surface area (Å²) in [5, 5.41) is 2.84. The molecule has 2 aromatic carbocycles. The average Bonchev–Trinajstić information content (AvgIpc) is 2.99. The van der Waals surface area contributed by atoms with Gasteiger partial charge in [0.25, 0.3) is 0 Å². The van der Waals surface area contributed by atoms with E-state index in [-0.39, 0.29) is 29.2 Å². The highest BCUT2D eigenvalue weighted by Crippen LogP contribution is 2.29. The highest BCUT2D eigenvalue weighted by Gasteiger charge is 2.34. The van der Waals surface area contributed by atoms with Crippen LogP contribution in [0.15, 0.2) is 53.4 Å². The van der Waals surface area contributed by atoms with Gasteiger partial charge in [0, 0.05) is 38.8 Å². The third-order valence-electron chi connectivity index (χ3n) is 6.21. The van der Waals surface area contributed by atoms with Crippen LogP contribution in [0.3, 0.4) is 0 Å². The van der Waals surface area contributed by atoms with Gasteiger partial charge >= 0.3 is 0 Å². The molecule has 2 heterocycles. The first-order chi connectivity index (χ1) is 15.3. The number of rotatable bonds is 5. The molecular formula is C24H29N3O4S. The third-order valence-corrected chi connectivity index (χ3v) is 8.07. The van der Waals surface area contributed by atoms with Crippen LogP contribution in [-0.4, -0.2) is 49.6 Å². The van der Waals surface area contributed by atoms with E-state index >= 15 is 0 Å². The van der Waals surface area contributed by atoms with Gasteiger partial charge in [-0.3, -0.25) is 9.59 Å². The highest BCUT2D eigenvalue weighted by molar-refractivity contribution is 7.89. The van der Waals surface area contributed by atoms with Crippen LogP contribution in [0.4, 0.5) is 5.69 Å². The number of fused-ring (bicyclic) bond motifs is 1. The summed E-state index contributed by atoms with van der Waals surface area (Å²) in [6.45, 7) is 1.09. The zero-order chi connectivity index (χ0) is 22.7. The molecule has 0 saturated carbocycles. The second-order valence-electron chi connectivity index (χ2n) is 8.60. The number of aryl methyl sites for hydroxylation is 1.